The lowest BCUT2D eigenvalue weighted by molar-refractivity contribution is -0.120. The second-order valence-electron chi connectivity index (χ2n) is 4.77. The lowest BCUT2D eigenvalue weighted by Crippen LogP contribution is -2.49. The third-order valence-corrected chi connectivity index (χ3v) is 3.19. The number of nitrogens with zero attached hydrogens (tertiary/aromatic N) is 2. The van der Waals surface area contributed by atoms with Crippen LogP contribution in [0.3, 0.4) is 0 Å². The van der Waals surface area contributed by atoms with Crippen LogP contribution in [-0.4, -0.2) is 50.1 Å². The van der Waals surface area contributed by atoms with Crippen LogP contribution in [0.2, 0.25) is 0 Å². The smallest absolute Gasteiger partial charge is 0.233 e. The first-order chi connectivity index (χ1) is 8.13. The Labute approximate surface area is 103 Å². The summed E-state index contributed by atoms with van der Waals surface area (Å²) in [5.41, 5.74) is 0. The zero-order valence-corrected chi connectivity index (χ0v) is 10.7. The molecule has 0 aromatic rings. The maximum atomic E-state index is 11.4. The Balaban J connectivity index is 2.17. The van der Waals surface area contributed by atoms with Gasteiger partial charge in [-0.2, -0.15) is 5.26 Å². The summed E-state index contributed by atoms with van der Waals surface area (Å²) in [7, 11) is 2.13. The number of likely N-dealkylation sites (tertiary alicyclic amines) is 1. The Bertz CT molecular complexity index is 287. The molecule has 0 spiro atoms. The SMILES string of the molecule is CC1CN(C)CCC1NCC(=O)NCCC#N. The molecule has 0 aliphatic carbocycles. The molecule has 1 rings (SSSR count). The molecule has 0 saturated carbocycles. The van der Waals surface area contributed by atoms with E-state index in [9.17, 15) is 4.79 Å². The highest BCUT2D eigenvalue weighted by atomic mass is 16.1. The van der Waals surface area contributed by atoms with Crippen LogP contribution in [0.15, 0.2) is 0 Å². The van der Waals surface area contributed by atoms with E-state index in [0.29, 0.717) is 31.5 Å². The first-order valence-corrected chi connectivity index (χ1v) is 6.19. The van der Waals surface area contributed by atoms with Gasteiger partial charge in [0.25, 0.3) is 0 Å². The van der Waals surface area contributed by atoms with Crippen LogP contribution in [0.1, 0.15) is 19.8 Å². The molecule has 96 valence electrons. The Hall–Kier alpha value is -1.12. The van der Waals surface area contributed by atoms with Crippen LogP contribution in [-0.2, 0) is 4.79 Å². The van der Waals surface area contributed by atoms with E-state index in [-0.39, 0.29) is 5.91 Å². The van der Waals surface area contributed by atoms with Crippen LogP contribution < -0.4 is 10.6 Å². The summed E-state index contributed by atoms with van der Waals surface area (Å²) >= 11 is 0. The fourth-order valence-corrected chi connectivity index (χ4v) is 2.20. The molecule has 0 aromatic heterocycles. The molecule has 1 aliphatic heterocycles. The van der Waals surface area contributed by atoms with E-state index in [1.807, 2.05) is 6.07 Å². The topological polar surface area (TPSA) is 68.2 Å². The van der Waals surface area contributed by atoms with Crippen molar-refractivity contribution in [3.63, 3.8) is 0 Å². The quantitative estimate of drug-likeness (QED) is 0.659. The summed E-state index contributed by atoms with van der Waals surface area (Å²) in [6, 6.07) is 2.42. The van der Waals surface area contributed by atoms with Crippen molar-refractivity contribution in [3.05, 3.63) is 0 Å². The molecule has 0 aromatic carbocycles. The van der Waals surface area contributed by atoms with Crippen molar-refractivity contribution in [2.24, 2.45) is 5.92 Å². The van der Waals surface area contributed by atoms with E-state index in [2.05, 4.69) is 29.5 Å². The Kier molecular flexibility index (Phi) is 5.95. The first-order valence-electron chi connectivity index (χ1n) is 6.19. The van der Waals surface area contributed by atoms with Crippen molar-refractivity contribution in [2.45, 2.75) is 25.8 Å². The third kappa shape index (κ3) is 5.16. The third-order valence-electron chi connectivity index (χ3n) is 3.19. The fraction of sp³-hybridized carbons (Fsp3) is 0.833. The Morgan fingerprint density at radius 3 is 3.00 bits per heavy atom. The molecule has 2 atom stereocenters. The van der Waals surface area contributed by atoms with Gasteiger partial charge in [-0.05, 0) is 25.9 Å². The van der Waals surface area contributed by atoms with Gasteiger partial charge in [-0.1, -0.05) is 6.92 Å². The highest BCUT2D eigenvalue weighted by Gasteiger charge is 2.23. The zero-order chi connectivity index (χ0) is 12.7. The van der Waals surface area contributed by atoms with Gasteiger partial charge < -0.3 is 15.5 Å². The van der Waals surface area contributed by atoms with Crippen LogP contribution in [0.4, 0.5) is 0 Å². The molecule has 5 nitrogen and oxygen atoms in total. The van der Waals surface area contributed by atoms with E-state index in [0.717, 1.165) is 19.5 Å². The minimum absolute atomic E-state index is 0.0219. The lowest BCUT2D eigenvalue weighted by atomic mass is 9.94. The Morgan fingerprint density at radius 2 is 2.35 bits per heavy atom. The maximum absolute atomic E-state index is 11.4. The van der Waals surface area contributed by atoms with Crippen molar-refractivity contribution < 1.29 is 4.79 Å². The number of carbonyl (C=O) groups is 1. The number of nitrogens with one attached hydrogen (secondary N) is 2. The lowest BCUT2D eigenvalue weighted by Gasteiger charge is -2.35. The zero-order valence-electron chi connectivity index (χ0n) is 10.7. The van der Waals surface area contributed by atoms with Crippen molar-refractivity contribution in [3.8, 4) is 6.07 Å². The van der Waals surface area contributed by atoms with Gasteiger partial charge in [0.15, 0.2) is 0 Å². The van der Waals surface area contributed by atoms with Crippen molar-refractivity contribution in [2.75, 3.05) is 33.2 Å². The number of nitriles is 1. The van der Waals surface area contributed by atoms with Crippen molar-refractivity contribution >= 4 is 5.91 Å². The van der Waals surface area contributed by atoms with Crippen LogP contribution in [0.25, 0.3) is 0 Å². The van der Waals surface area contributed by atoms with Crippen LogP contribution >= 0.6 is 0 Å². The van der Waals surface area contributed by atoms with Gasteiger partial charge in [-0.25, -0.2) is 0 Å². The van der Waals surface area contributed by atoms with E-state index in [1.165, 1.54) is 0 Å². The number of amides is 1. The van der Waals surface area contributed by atoms with Gasteiger partial charge in [0.2, 0.25) is 5.91 Å². The summed E-state index contributed by atoms with van der Waals surface area (Å²) in [5.74, 6) is 0.548. The molecule has 1 fully saturated rings. The number of carbonyl (C=O) groups excluding carboxylic acids is 1. The molecular formula is C12H22N4O. The Morgan fingerprint density at radius 1 is 1.59 bits per heavy atom. The van der Waals surface area contributed by atoms with E-state index < -0.39 is 0 Å². The summed E-state index contributed by atoms with van der Waals surface area (Å²) in [6.45, 7) is 5.16. The molecule has 17 heavy (non-hydrogen) atoms. The van der Waals surface area contributed by atoms with Gasteiger partial charge in [-0.15, -0.1) is 0 Å². The summed E-state index contributed by atoms with van der Waals surface area (Å²) in [4.78, 5) is 13.8. The number of hydrogen-bond donors (Lipinski definition) is 2. The second kappa shape index (κ2) is 7.25. The minimum atomic E-state index is -0.0219. The van der Waals surface area contributed by atoms with E-state index in [4.69, 9.17) is 5.26 Å². The molecule has 2 unspecified atom stereocenters. The predicted octanol–water partition coefficient (Wildman–Crippen LogP) is -0.0539. The van der Waals surface area contributed by atoms with Gasteiger partial charge in [-0.3, -0.25) is 4.79 Å². The monoisotopic (exact) mass is 238 g/mol. The van der Waals surface area contributed by atoms with E-state index >= 15 is 0 Å². The molecular weight excluding hydrogens is 216 g/mol. The average Bonchev–Trinajstić information content (AvgIpc) is 2.28. The molecule has 1 heterocycles. The van der Waals surface area contributed by atoms with Gasteiger partial charge in [0.1, 0.15) is 0 Å². The standard InChI is InChI=1S/C12H22N4O/c1-10-9-16(2)7-4-11(10)15-8-12(17)14-6-3-5-13/h10-11,15H,3-4,6-9H2,1-2H3,(H,14,17). The largest absolute Gasteiger partial charge is 0.354 e. The summed E-state index contributed by atoms with van der Waals surface area (Å²) in [5, 5.41) is 14.4. The molecule has 1 saturated heterocycles. The highest BCUT2D eigenvalue weighted by Crippen LogP contribution is 2.14. The molecule has 1 amide bonds. The minimum Gasteiger partial charge on any atom is -0.354 e. The predicted molar refractivity (Wildman–Crippen MR) is 66.3 cm³/mol. The molecule has 0 bridgehead atoms. The summed E-state index contributed by atoms with van der Waals surface area (Å²) < 4.78 is 0. The number of hydrogen-bond acceptors (Lipinski definition) is 4. The molecule has 5 heteroatoms. The molecule has 2 N–H and O–H groups in total. The summed E-state index contributed by atoms with van der Waals surface area (Å²) in [6.07, 6.45) is 1.46. The van der Waals surface area contributed by atoms with Gasteiger partial charge in [0, 0.05) is 19.1 Å². The van der Waals surface area contributed by atoms with Gasteiger partial charge in [0.05, 0.1) is 19.0 Å². The van der Waals surface area contributed by atoms with Crippen LogP contribution in [0, 0.1) is 17.2 Å². The normalized spacial score (nSPS) is 25.2. The van der Waals surface area contributed by atoms with Crippen LogP contribution in [0.5, 0.6) is 0 Å². The maximum Gasteiger partial charge on any atom is 0.233 e. The highest BCUT2D eigenvalue weighted by molar-refractivity contribution is 5.78. The van der Waals surface area contributed by atoms with Crippen molar-refractivity contribution in [1.82, 2.24) is 15.5 Å². The second-order valence-corrected chi connectivity index (χ2v) is 4.77. The fourth-order valence-electron chi connectivity index (χ4n) is 2.20. The van der Waals surface area contributed by atoms with Crippen molar-refractivity contribution in [1.29, 1.82) is 5.26 Å². The average molecular weight is 238 g/mol. The number of piperidine rings is 1. The van der Waals surface area contributed by atoms with E-state index in [1.54, 1.807) is 0 Å². The number of rotatable bonds is 5. The molecule has 1 aliphatic rings. The molecule has 0 radical (unpaired) electrons. The first kappa shape index (κ1) is 13.9. The van der Waals surface area contributed by atoms with Gasteiger partial charge >= 0.3 is 0 Å².